The third-order valence-corrected chi connectivity index (χ3v) is 4.47. The largest absolute Gasteiger partial charge is 0.490 e. The summed E-state index contributed by atoms with van der Waals surface area (Å²) in [5.41, 5.74) is 0.892. The number of aliphatic hydroxyl groups is 1. The number of fused-ring (bicyclic) bond motifs is 2. The van der Waals surface area contributed by atoms with E-state index in [1.807, 2.05) is 32.0 Å². The number of ether oxygens (including phenoxy) is 3. The van der Waals surface area contributed by atoms with Crippen LogP contribution in [-0.4, -0.2) is 30.5 Å². The monoisotopic (exact) mass is 292 g/mol. The molecular weight excluding hydrogens is 268 g/mol. The quantitative estimate of drug-likeness (QED) is 0.875. The van der Waals surface area contributed by atoms with Gasteiger partial charge in [-0.05, 0) is 50.8 Å². The molecular formula is C17H24O4. The van der Waals surface area contributed by atoms with Crippen molar-refractivity contribution in [3.63, 3.8) is 0 Å². The van der Waals surface area contributed by atoms with Crippen molar-refractivity contribution in [1.29, 1.82) is 0 Å². The van der Waals surface area contributed by atoms with Gasteiger partial charge >= 0.3 is 0 Å². The van der Waals surface area contributed by atoms with Gasteiger partial charge in [0.05, 0.1) is 31.5 Å². The highest BCUT2D eigenvalue weighted by Gasteiger charge is 2.44. The van der Waals surface area contributed by atoms with Gasteiger partial charge in [-0.25, -0.2) is 0 Å². The Morgan fingerprint density at radius 2 is 1.95 bits per heavy atom. The molecule has 0 aliphatic carbocycles. The van der Waals surface area contributed by atoms with Crippen molar-refractivity contribution in [2.75, 3.05) is 13.2 Å². The summed E-state index contributed by atoms with van der Waals surface area (Å²) in [6.07, 6.45) is 3.25. The van der Waals surface area contributed by atoms with Gasteiger partial charge in [0, 0.05) is 5.92 Å². The molecule has 2 aliphatic heterocycles. The van der Waals surface area contributed by atoms with Gasteiger partial charge in [-0.15, -0.1) is 0 Å². The molecule has 2 bridgehead atoms. The van der Waals surface area contributed by atoms with Gasteiger partial charge in [0.15, 0.2) is 11.5 Å². The minimum absolute atomic E-state index is 0.205. The topological polar surface area (TPSA) is 47.9 Å². The average Bonchev–Trinajstić information content (AvgIpc) is 3.11. The van der Waals surface area contributed by atoms with Gasteiger partial charge in [0.25, 0.3) is 0 Å². The lowest BCUT2D eigenvalue weighted by Gasteiger charge is -2.25. The number of hydrogen-bond donors (Lipinski definition) is 1. The minimum Gasteiger partial charge on any atom is -0.490 e. The van der Waals surface area contributed by atoms with Gasteiger partial charge in [0.1, 0.15) is 0 Å². The Kier molecular flexibility index (Phi) is 4.36. The smallest absolute Gasteiger partial charge is 0.161 e. The highest BCUT2D eigenvalue weighted by atomic mass is 16.5. The average molecular weight is 292 g/mol. The van der Waals surface area contributed by atoms with Crippen LogP contribution in [0.15, 0.2) is 18.2 Å². The van der Waals surface area contributed by atoms with Gasteiger partial charge in [0.2, 0.25) is 0 Å². The van der Waals surface area contributed by atoms with E-state index in [4.69, 9.17) is 14.2 Å². The van der Waals surface area contributed by atoms with Crippen molar-refractivity contribution >= 4 is 0 Å². The van der Waals surface area contributed by atoms with Gasteiger partial charge in [-0.2, -0.15) is 0 Å². The Morgan fingerprint density at radius 3 is 2.57 bits per heavy atom. The molecule has 21 heavy (non-hydrogen) atoms. The lowest BCUT2D eigenvalue weighted by molar-refractivity contribution is 0.0421. The van der Waals surface area contributed by atoms with Crippen LogP contribution < -0.4 is 9.47 Å². The second kappa shape index (κ2) is 6.24. The fourth-order valence-corrected chi connectivity index (χ4v) is 3.51. The van der Waals surface area contributed by atoms with Crippen LogP contribution in [0, 0.1) is 5.92 Å². The van der Waals surface area contributed by atoms with E-state index in [2.05, 4.69) is 0 Å². The summed E-state index contributed by atoms with van der Waals surface area (Å²) in [4.78, 5) is 0. The van der Waals surface area contributed by atoms with Gasteiger partial charge < -0.3 is 19.3 Å². The van der Waals surface area contributed by atoms with Crippen LogP contribution in [0.3, 0.4) is 0 Å². The molecule has 2 heterocycles. The van der Waals surface area contributed by atoms with Crippen LogP contribution in [0.1, 0.15) is 44.8 Å². The van der Waals surface area contributed by atoms with Crippen molar-refractivity contribution in [3.8, 4) is 11.5 Å². The van der Waals surface area contributed by atoms with Crippen LogP contribution >= 0.6 is 0 Å². The Hall–Kier alpha value is -1.26. The van der Waals surface area contributed by atoms with E-state index in [9.17, 15) is 5.11 Å². The first-order chi connectivity index (χ1) is 10.2. The second-order valence-corrected chi connectivity index (χ2v) is 5.79. The normalized spacial score (nSPS) is 28.6. The summed E-state index contributed by atoms with van der Waals surface area (Å²) in [5.74, 6) is 1.65. The van der Waals surface area contributed by atoms with Crippen molar-refractivity contribution in [2.45, 2.75) is 51.4 Å². The molecule has 1 N–H and O–H groups in total. The summed E-state index contributed by atoms with van der Waals surface area (Å²) >= 11 is 0. The Bertz CT molecular complexity index is 488. The molecule has 1 aromatic carbocycles. The SMILES string of the molecule is CCOc1ccc(C(O)C2CC3CCC2O3)cc1OCC. The molecule has 0 saturated carbocycles. The fourth-order valence-electron chi connectivity index (χ4n) is 3.51. The molecule has 0 amide bonds. The molecule has 2 saturated heterocycles. The van der Waals surface area contributed by atoms with Crippen LogP contribution in [0.25, 0.3) is 0 Å². The predicted octanol–water partition coefficient (Wildman–Crippen LogP) is 3.08. The van der Waals surface area contributed by atoms with E-state index < -0.39 is 6.10 Å². The summed E-state index contributed by atoms with van der Waals surface area (Å²) < 4.78 is 17.1. The van der Waals surface area contributed by atoms with E-state index in [0.29, 0.717) is 25.1 Å². The van der Waals surface area contributed by atoms with Crippen molar-refractivity contribution in [2.24, 2.45) is 5.92 Å². The molecule has 3 rings (SSSR count). The molecule has 0 aromatic heterocycles. The van der Waals surface area contributed by atoms with Crippen LogP contribution in [0.2, 0.25) is 0 Å². The summed E-state index contributed by atoms with van der Waals surface area (Å²) in [6.45, 7) is 5.08. The molecule has 2 fully saturated rings. The number of hydrogen-bond acceptors (Lipinski definition) is 4. The summed E-state index contributed by atoms with van der Waals surface area (Å²) in [7, 11) is 0. The maximum Gasteiger partial charge on any atom is 0.161 e. The fraction of sp³-hybridized carbons (Fsp3) is 0.647. The first-order valence-corrected chi connectivity index (χ1v) is 7.96. The zero-order chi connectivity index (χ0) is 14.8. The maximum atomic E-state index is 10.7. The van der Waals surface area contributed by atoms with E-state index in [0.717, 1.165) is 30.6 Å². The molecule has 0 radical (unpaired) electrons. The predicted molar refractivity (Wildman–Crippen MR) is 79.7 cm³/mol. The maximum absolute atomic E-state index is 10.7. The van der Waals surface area contributed by atoms with Crippen LogP contribution in [-0.2, 0) is 4.74 Å². The molecule has 116 valence electrons. The zero-order valence-corrected chi connectivity index (χ0v) is 12.7. The van der Waals surface area contributed by atoms with E-state index in [1.165, 1.54) is 0 Å². The highest BCUT2D eigenvalue weighted by molar-refractivity contribution is 5.44. The highest BCUT2D eigenvalue weighted by Crippen LogP contribution is 2.45. The zero-order valence-electron chi connectivity index (χ0n) is 12.7. The van der Waals surface area contributed by atoms with Crippen molar-refractivity contribution < 1.29 is 19.3 Å². The molecule has 4 heteroatoms. The molecule has 4 atom stereocenters. The third-order valence-electron chi connectivity index (χ3n) is 4.47. The lowest BCUT2D eigenvalue weighted by atomic mass is 9.82. The number of aliphatic hydroxyl groups excluding tert-OH is 1. The number of benzene rings is 1. The lowest BCUT2D eigenvalue weighted by Crippen LogP contribution is -2.23. The number of rotatable bonds is 6. The summed E-state index contributed by atoms with van der Waals surface area (Å²) in [5, 5.41) is 10.7. The Balaban J connectivity index is 1.79. The van der Waals surface area contributed by atoms with Crippen LogP contribution in [0.5, 0.6) is 11.5 Å². The van der Waals surface area contributed by atoms with Crippen molar-refractivity contribution in [3.05, 3.63) is 23.8 Å². The van der Waals surface area contributed by atoms with E-state index in [1.54, 1.807) is 0 Å². The Labute approximate surface area is 126 Å². The first-order valence-electron chi connectivity index (χ1n) is 7.96. The minimum atomic E-state index is -0.491. The molecule has 0 spiro atoms. The molecule has 4 nitrogen and oxygen atoms in total. The Morgan fingerprint density at radius 1 is 1.19 bits per heavy atom. The van der Waals surface area contributed by atoms with Crippen LogP contribution in [0.4, 0.5) is 0 Å². The van der Waals surface area contributed by atoms with E-state index >= 15 is 0 Å². The van der Waals surface area contributed by atoms with Crippen molar-refractivity contribution in [1.82, 2.24) is 0 Å². The second-order valence-electron chi connectivity index (χ2n) is 5.79. The van der Waals surface area contributed by atoms with E-state index in [-0.39, 0.29) is 12.0 Å². The third kappa shape index (κ3) is 2.87. The molecule has 2 aliphatic rings. The summed E-state index contributed by atoms with van der Waals surface area (Å²) in [6, 6.07) is 5.73. The standard InChI is InChI=1S/C17H24O4/c1-3-19-15-7-5-11(9-16(15)20-4-2)17(18)13-10-12-6-8-14(13)21-12/h5,7,9,12-14,17-18H,3-4,6,8,10H2,1-2H3. The first kappa shape index (κ1) is 14.7. The molecule has 1 aromatic rings. The van der Waals surface area contributed by atoms with Gasteiger partial charge in [-0.3, -0.25) is 0 Å². The molecule has 4 unspecified atom stereocenters. The van der Waals surface area contributed by atoms with Gasteiger partial charge in [-0.1, -0.05) is 6.07 Å².